The van der Waals surface area contributed by atoms with Gasteiger partial charge >= 0.3 is 5.97 Å². The number of sulfonamides is 1. The van der Waals surface area contributed by atoms with E-state index >= 15 is 0 Å². The number of aryl methyl sites for hydroxylation is 1. The number of nitrogens with one attached hydrogen (secondary N) is 1. The van der Waals surface area contributed by atoms with Gasteiger partial charge in [-0.2, -0.15) is 4.72 Å². The van der Waals surface area contributed by atoms with E-state index in [1.165, 1.54) is 13.3 Å². The molecule has 0 fully saturated rings. The van der Waals surface area contributed by atoms with Crippen LogP contribution in [0.15, 0.2) is 10.4 Å². The Kier molecular flexibility index (Phi) is 5.20. The molecule has 0 saturated heterocycles. The molecule has 0 aliphatic rings. The van der Waals surface area contributed by atoms with E-state index in [0.717, 1.165) is 11.3 Å². The average molecular weight is 294 g/mol. The van der Waals surface area contributed by atoms with Gasteiger partial charge in [0.15, 0.2) is 4.21 Å². The highest BCUT2D eigenvalue weighted by Gasteiger charge is 2.26. The predicted octanol–water partition coefficient (Wildman–Crippen LogP) is 0.220. The Morgan fingerprint density at radius 1 is 1.67 bits per heavy atom. The first-order valence-corrected chi connectivity index (χ1v) is 7.33. The highest BCUT2D eigenvalue weighted by atomic mass is 32.2. The minimum Gasteiger partial charge on any atom is -0.480 e. The molecule has 1 aromatic rings. The molecule has 102 valence electrons. The van der Waals surface area contributed by atoms with Crippen LogP contribution in [0.4, 0.5) is 0 Å². The molecule has 0 aliphatic heterocycles. The van der Waals surface area contributed by atoms with E-state index in [-0.39, 0.29) is 17.2 Å². The fourth-order valence-corrected chi connectivity index (χ4v) is 3.53. The molecule has 2 N–H and O–H groups in total. The SMILES string of the molecule is COCCC(NS(=O)(=O)c1cnc(C)s1)C(=O)O. The van der Waals surface area contributed by atoms with Gasteiger partial charge in [-0.3, -0.25) is 4.79 Å². The fraction of sp³-hybridized carbons (Fsp3) is 0.556. The second-order valence-electron chi connectivity index (χ2n) is 3.49. The van der Waals surface area contributed by atoms with Gasteiger partial charge in [-0.1, -0.05) is 0 Å². The smallest absolute Gasteiger partial charge is 0.321 e. The Balaban J connectivity index is 2.82. The van der Waals surface area contributed by atoms with Crippen LogP contribution in [0.5, 0.6) is 0 Å². The van der Waals surface area contributed by atoms with Crippen molar-refractivity contribution in [3.05, 3.63) is 11.2 Å². The lowest BCUT2D eigenvalue weighted by molar-refractivity contribution is -0.139. The summed E-state index contributed by atoms with van der Waals surface area (Å²) in [6.45, 7) is 1.82. The van der Waals surface area contributed by atoms with E-state index in [0.29, 0.717) is 5.01 Å². The first-order valence-electron chi connectivity index (χ1n) is 5.03. The maximum atomic E-state index is 11.9. The quantitative estimate of drug-likeness (QED) is 0.745. The maximum Gasteiger partial charge on any atom is 0.321 e. The monoisotopic (exact) mass is 294 g/mol. The zero-order chi connectivity index (χ0) is 13.8. The number of aromatic nitrogens is 1. The van der Waals surface area contributed by atoms with Crippen LogP contribution in [-0.4, -0.2) is 44.2 Å². The summed E-state index contributed by atoms with van der Waals surface area (Å²) in [4.78, 5) is 14.7. The fourth-order valence-electron chi connectivity index (χ4n) is 1.18. The second kappa shape index (κ2) is 6.23. The van der Waals surface area contributed by atoms with Crippen molar-refractivity contribution in [2.45, 2.75) is 23.6 Å². The Labute approximate surface area is 109 Å². The van der Waals surface area contributed by atoms with Crippen molar-refractivity contribution in [3.63, 3.8) is 0 Å². The lowest BCUT2D eigenvalue weighted by Crippen LogP contribution is -2.41. The number of hydrogen-bond donors (Lipinski definition) is 2. The van der Waals surface area contributed by atoms with Gasteiger partial charge < -0.3 is 9.84 Å². The van der Waals surface area contributed by atoms with Crippen molar-refractivity contribution in [1.82, 2.24) is 9.71 Å². The van der Waals surface area contributed by atoms with Gasteiger partial charge in [0.1, 0.15) is 6.04 Å². The number of methoxy groups -OCH3 is 1. The number of rotatable bonds is 7. The molecule has 1 unspecified atom stereocenters. The van der Waals surface area contributed by atoms with Gasteiger partial charge in [-0.25, -0.2) is 13.4 Å². The number of thiazole rings is 1. The van der Waals surface area contributed by atoms with Crippen molar-refractivity contribution in [3.8, 4) is 0 Å². The minimum absolute atomic E-state index is 0.00340. The largest absolute Gasteiger partial charge is 0.480 e. The van der Waals surface area contributed by atoms with Crippen molar-refractivity contribution < 1.29 is 23.1 Å². The zero-order valence-corrected chi connectivity index (χ0v) is 11.5. The summed E-state index contributed by atoms with van der Waals surface area (Å²) in [5.74, 6) is -1.24. The molecule has 18 heavy (non-hydrogen) atoms. The van der Waals surface area contributed by atoms with E-state index in [4.69, 9.17) is 9.84 Å². The van der Waals surface area contributed by atoms with Crippen LogP contribution in [0.3, 0.4) is 0 Å². The molecule has 0 bridgehead atoms. The lowest BCUT2D eigenvalue weighted by atomic mass is 10.2. The van der Waals surface area contributed by atoms with Gasteiger partial charge in [0.2, 0.25) is 0 Å². The molecule has 9 heteroatoms. The molecule has 0 aromatic carbocycles. The molecule has 1 atom stereocenters. The van der Waals surface area contributed by atoms with Crippen LogP contribution < -0.4 is 4.72 Å². The van der Waals surface area contributed by atoms with Crippen LogP contribution in [0.25, 0.3) is 0 Å². The number of nitrogens with zero attached hydrogens (tertiary/aromatic N) is 1. The van der Waals surface area contributed by atoms with Crippen molar-refractivity contribution in [2.24, 2.45) is 0 Å². The number of hydrogen-bond acceptors (Lipinski definition) is 6. The topological polar surface area (TPSA) is 106 Å². The summed E-state index contributed by atoms with van der Waals surface area (Å²) in [7, 11) is -2.43. The highest BCUT2D eigenvalue weighted by molar-refractivity contribution is 7.91. The van der Waals surface area contributed by atoms with Crippen LogP contribution in [0.1, 0.15) is 11.4 Å². The number of aliphatic carboxylic acids is 1. The second-order valence-corrected chi connectivity index (χ2v) is 6.67. The third-order valence-electron chi connectivity index (χ3n) is 2.07. The molecule has 0 saturated carbocycles. The lowest BCUT2D eigenvalue weighted by Gasteiger charge is -2.13. The predicted molar refractivity (Wildman–Crippen MR) is 65.1 cm³/mol. The molecule has 1 heterocycles. The number of ether oxygens (including phenoxy) is 1. The summed E-state index contributed by atoms with van der Waals surface area (Å²) in [5, 5.41) is 9.52. The van der Waals surface area contributed by atoms with E-state index in [1.54, 1.807) is 6.92 Å². The first-order chi connectivity index (χ1) is 8.36. The summed E-state index contributed by atoms with van der Waals surface area (Å²) < 4.78 is 30.6. The minimum atomic E-state index is -3.84. The summed E-state index contributed by atoms with van der Waals surface area (Å²) >= 11 is 0.986. The Hall–Kier alpha value is -1.03. The maximum absolute atomic E-state index is 11.9. The first kappa shape index (κ1) is 15.0. The van der Waals surface area contributed by atoms with Crippen LogP contribution in [0.2, 0.25) is 0 Å². The third-order valence-corrected chi connectivity index (χ3v) is 4.92. The molecular weight excluding hydrogens is 280 g/mol. The molecule has 7 nitrogen and oxygen atoms in total. The molecule has 1 rings (SSSR count). The Bertz CT molecular complexity index is 511. The number of carboxylic acid groups (broad SMARTS) is 1. The third kappa shape index (κ3) is 4.02. The summed E-state index contributed by atoms with van der Waals surface area (Å²) in [6.07, 6.45) is 1.26. The Morgan fingerprint density at radius 2 is 2.33 bits per heavy atom. The standard InChI is InChI=1S/C9H14N2O5S2/c1-6-10-5-8(17-6)18(14,15)11-7(9(12)13)3-4-16-2/h5,7,11H,3-4H2,1-2H3,(H,12,13). The molecular formula is C9H14N2O5S2. The zero-order valence-electron chi connectivity index (χ0n) is 9.91. The van der Waals surface area contributed by atoms with E-state index < -0.39 is 22.0 Å². The van der Waals surface area contributed by atoms with Gasteiger partial charge in [-0.05, 0) is 13.3 Å². The van der Waals surface area contributed by atoms with Crippen molar-refractivity contribution in [2.75, 3.05) is 13.7 Å². The summed E-state index contributed by atoms with van der Waals surface area (Å²) in [5.41, 5.74) is 0. The summed E-state index contributed by atoms with van der Waals surface area (Å²) in [6, 6.07) is -1.21. The average Bonchev–Trinajstić information content (AvgIpc) is 2.71. The van der Waals surface area contributed by atoms with Crippen LogP contribution >= 0.6 is 11.3 Å². The molecule has 1 aromatic heterocycles. The van der Waals surface area contributed by atoms with E-state index in [9.17, 15) is 13.2 Å². The highest BCUT2D eigenvalue weighted by Crippen LogP contribution is 2.18. The van der Waals surface area contributed by atoms with Crippen LogP contribution in [0, 0.1) is 6.92 Å². The molecule has 0 amide bonds. The number of carbonyl (C=O) groups is 1. The van der Waals surface area contributed by atoms with Gasteiger partial charge in [0, 0.05) is 13.7 Å². The van der Waals surface area contributed by atoms with Gasteiger partial charge in [0.25, 0.3) is 10.0 Å². The van der Waals surface area contributed by atoms with E-state index in [1.807, 2.05) is 0 Å². The van der Waals surface area contributed by atoms with Crippen molar-refractivity contribution >= 4 is 27.3 Å². The Morgan fingerprint density at radius 3 is 2.78 bits per heavy atom. The molecule has 0 spiro atoms. The molecule has 0 aliphatic carbocycles. The van der Waals surface area contributed by atoms with Crippen molar-refractivity contribution in [1.29, 1.82) is 0 Å². The van der Waals surface area contributed by atoms with Crippen LogP contribution in [-0.2, 0) is 19.6 Å². The van der Waals surface area contributed by atoms with Gasteiger partial charge in [0.05, 0.1) is 11.2 Å². The molecule has 0 radical (unpaired) electrons. The normalized spacial score (nSPS) is 13.4. The van der Waals surface area contributed by atoms with Gasteiger partial charge in [-0.15, -0.1) is 11.3 Å². The van der Waals surface area contributed by atoms with E-state index in [2.05, 4.69) is 9.71 Å². The number of carboxylic acids is 1.